The quantitative estimate of drug-likeness (QED) is 0.929. The van der Waals surface area contributed by atoms with Gasteiger partial charge in [-0.3, -0.25) is 4.98 Å². The number of halogens is 2. The van der Waals surface area contributed by atoms with Crippen LogP contribution >= 0.6 is 0 Å². The van der Waals surface area contributed by atoms with E-state index in [4.69, 9.17) is 4.74 Å². The molecule has 5 heteroatoms. The van der Waals surface area contributed by atoms with Gasteiger partial charge in [0.05, 0.1) is 6.20 Å². The third kappa shape index (κ3) is 2.81. The minimum Gasteiger partial charge on any atom is -0.453 e. The van der Waals surface area contributed by atoms with E-state index in [1.807, 2.05) is 6.07 Å². The third-order valence-corrected chi connectivity index (χ3v) is 5.03. The molecule has 2 aliphatic rings. The summed E-state index contributed by atoms with van der Waals surface area (Å²) >= 11 is 0. The van der Waals surface area contributed by atoms with Crippen molar-refractivity contribution in [3.05, 3.63) is 53.9 Å². The topological polar surface area (TPSA) is 34.1 Å². The Morgan fingerprint density at radius 2 is 1.96 bits per heavy atom. The summed E-state index contributed by atoms with van der Waals surface area (Å²) in [6.07, 6.45) is 5.23. The Labute approximate surface area is 133 Å². The first-order chi connectivity index (χ1) is 11.2. The summed E-state index contributed by atoms with van der Waals surface area (Å²) in [5, 5.41) is 3.40. The van der Waals surface area contributed by atoms with Crippen LogP contribution in [0.15, 0.2) is 36.5 Å². The smallest absolute Gasteiger partial charge is 0.168 e. The second kappa shape index (κ2) is 5.57. The summed E-state index contributed by atoms with van der Waals surface area (Å²) in [7, 11) is 0. The largest absolute Gasteiger partial charge is 0.453 e. The van der Waals surface area contributed by atoms with Gasteiger partial charge >= 0.3 is 0 Å². The van der Waals surface area contributed by atoms with Crippen LogP contribution in [0.3, 0.4) is 0 Å². The number of pyridine rings is 1. The van der Waals surface area contributed by atoms with E-state index < -0.39 is 11.6 Å². The molecule has 2 heterocycles. The molecular formula is C18H18F2N2O. The van der Waals surface area contributed by atoms with Crippen molar-refractivity contribution in [1.29, 1.82) is 0 Å². The maximum absolute atomic E-state index is 13.6. The second-order valence-corrected chi connectivity index (χ2v) is 6.46. The monoisotopic (exact) mass is 316 g/mol. The first-order valence-electron chi connectivity index (χ1n) is 7.96. The molecule has 1 aliphatic heterocycles. The van der Waals surface area contributed by atoms with E-state index in [0.29, 0.717) is 17.1 Å². The Morgan fingerprint density at radius 3 is 2.65 bits per heavy atom. The maximum Gasteiger partial charge on any atom is 0.168 e. The highest BCUT2D eigenvalue weighted by Crippen LogP contribution is 2.63. The highest BCUT2D eigenvalue weighted by Gasteiger charge is 2.55. The average molecular weight is 316 g/mol. The first kappa shape index (κ1) is 14.6. The number of rotatable bonds is 3. The number of nitrogens with one attached hydrogen (secondary N) is 1. The minimum atomic E-state index is -0.718. The van der Waals surface area contributed by atoms with Gasteiger partial charge in [0.15, 0.2) is 11.6 Å². The molecule has 1 spiro atoms. The molecule has 4 rings (SSSR count). The Hall–Kier alpha value is -2.01. The molecule has 3 nitrogen and oxygen atoms in total. The van der Waals surface area contributed by atoms with Gasteiger partial charge in [0, 0.05) is 17.7 Å². The molecular weight excluding hydrogens is 298 g/mol. The highest BCUT2D eigenvalue weighted by atomic mass is 19.1. The predicted molar refractivity (Wildman–Crippen MR) is 82.6 cm³/mol. The van der Waals surface area contributed by atoms with Gasteiger partial charge in [0.25, 0.3) is 0 Å². The lowest BCUT2D eigenvalue weighted by Gasteiger charge is -2.23. The third-order valence-electron chi connectivity index (χ3n) is 5.03. The zero-order valence-electron chi connectivity index (χ0n) is 12.7. The first-order valence-corrected chi connectivity index (χ1v) is 7.96. The molecule has 1 aromatic heterocycles. The molecule has 1 unspecified atom stereocenters. The van der Waals surface area contributed by atoms with Crippen molar-refractivity contribution in [2.75, 3.05) is 13.1 Å². The van der Waals surface area contributed by atoms with Crippen LogP contribution in [0.5, 0.6) is 11.5 Å². The predicted octanol–water partition coefficient (Wildman–Crippen LogP) is 4.01. The van der Waals surface area contributed by atoms with Crippen LogP contribution in [0.2, 0.25) is 0 Å². The normalized spacial score (nSPS) is 22.1. The molecule has 1 atom stereocenters. The van der Waals surface area contributed by atoms with Gasteiger partial charge in [-0.1, -0.05) is 0 Å². The molecule has 120 valence electrons. The molecule has 0 bridgehead atoms. The van der Waals surface area contributed by atoms with E-state index in [-0.39, 0.29) is 5.75 Å². The molecule has 1 N–H and O–H groups in total. The number of piperidine rings is 1. The van der Waals surface area contributed by atoms with E-state index in [9.17, 15) is 8.78 Å². The van der Waals surface area contributed by atoms with E-state index in [1.54, 1.807) is 12.3 Å². The fourth-order valence-electron chi connectivity index (χ4n) is 3.59. The number of hydrogen-bond donors (Lipinski definition) is 1. The molecule has 23 heavy (non-hydrogen) atoms. The minimum absolute atomic E-state index is 0.00203. The van der Waals surface area contributed by atoms with Crippen molar-refractivity contribution >= 4 is 0 Å². The van der Waals surface area contributed by atoms with E-state index in [0.717, 1.165) is 24.8 Å². The fraction of sp³-hybridized carbons (Fsp3) is 0.389. The van der Waals surface area contributed by atoms with Crippen LogP contribution in [-0.2, 0) is 0 Å². The van der Waals surface area contributed by atoms with Gasteiger partial charge in [-0.25, -0.2) is 8.78 Å². The Balaban J connectivity index is 1.46. The Bertz CT molecular complexity index is 711. The van der Waals surface area contributed by atoms with Crippen LogP contribution in [0.1, 0.15) is 30.9 Å². The van der Waals surface area contributed by atoms with Crippen molar-refractivity contribution in [3.8, 4) is 11.5 Å². The van der Waals surface area contributed by atoms with Crippen LogP contribution < -0.4 is 10.1 Å². The number of nitrogens with zero attached hydrogens (tertiary/aromatic N) is 1. The maximum atomic E-state index is 13.6. The molecule has 1 saturated heterocycles. The van der Waals surface area contributed by atoms with Crippen LogP contribution in [0, 0.1) is 17.0 Å². The van der Waals surface area contributed by atoms with E-state index >= 15 is 0 Å². The molecule has 1 aliphatic carbocycles. The van der Waals surface area contributed by atoms with Crippen LogP contribution in [-0.4, -0.2) is 18.1 Å². The molecule has 1 saturated carbocycles. The second-order valence-electron chi connectivity index (χ2n) is 6.46. The molecule has 2 aromatic rings. The van der Waals surface area contributed by atoms with Crippen molar-refractivity contribution in [1.82, 2.24) is 10.3 Å². The SMILES string of the molecule is Fc1ccc(Oc2ccc(C3CC34CCNCC4)nc2)c(F)c1. The fourth-order valence-corrected chi connectivity index (χ4v) is 3.59. The van der Waals surface area contributed by atoms with E-state index in [2.05, 4.69) is 10.3 Å². The molecule has 0 radical (unpaired) electrons. The lowest BCUT2D eigenvalue weighted by molar-refractivity contribution is 0.341. The van der Waals surface area contributed by atoms with Crippen LogP contribution in [0.25, 0.3) is 0 Å². The zero-order valence-corrected chi connectivity index (χ0v) is 12.7. The molecule has 2 fully saturated rings. The summed E-state index contributed by atoms with van der Waals surface area (Å²) in [5.41, 5.74) is 1.52. The van der Waals surface area contributed by atoms with Crippen molar-refractivity contribution in [2.24, 2.45) is 5.41 Å². The summed E-state index contributed by atoms with van der Waals surface area (Å²) in [4.78, 5) is 4.49. The summed E-state index contributed by atoms with van der Waals surface area (Å²) in [6.45, 7) is 2.17. The lowest BCUT2D eigenvalue weighted by Crippen LogP contribution is -2.29. The van der Waals surface area contributed by atoms with Gasteiger partial charge in [0.2, 0.25) is 0 Å². The molecule has 0 amide bonds. The van der Waals surface area contributed by atoms with Crippen molar-refractivity contribution in [3.63, 3.8) is 0 Å². The van der Waals surface area contributed by atoms with Gasteiger partial charge in [-0.05, 0) is 62.0 Å². The van der Waals surface area contributed by atoms with Gasteiger partial charge in [-0.15, -0.1) is 0 Å². The van der Waals surface area contributed by atoms with Crippen molar-refractivity contribution < 1.29 is 13.5 Å². The number of aromatic nitrogens is 1. The van der Waals surface area contributed by atoms with Crippen LogP contribution in [0.4, 0.5) is 8.78 Å². The number of ether oxygens (including phenoxy) is 1. The summed E-state index contributed by atoms with van der Waals surface area (Å²) in [6, 6.07) is 7.02. The van der Waals surface area contributed by atoms with Gasteiger partial charge in [0.1, 0.15) is 11.6 Å². The Morgan fingerprint density at radius 1 is 1.13 bits per heavy atom. The summed E-state index contributed by atoms with van der Waals surface area (Å²) in [5.74, 6) is -0.350. The van der Waals surface area contributed by atoms with Crippen molar-refractivity contribution in [2.45, 2.75) is 25.2 Å². The van der Waals surface area contributed by atoms with E-state index in [1.165, 1.54) is 31.4 Å². The molecule has 1 aromatic carbocycles. The number of hydrogen-bond acceptors (Lipinski definition) is 3. The van der Waals surface area contributed by atoms with Gasteiger partial charge < -0.3 is 10.1 Å². The number of benzene rings is 1. The highest BCUT2D eigenvalue weighted by molar-refractivity contribution is 5.33. The standard InChI is InChI=1S/C18H18F2N2O/c19-12-1-4-17(15(20)9-12)23-13-2-3-16(22-11-13)14-10-18(14)5-7-21-8-6-18/h1-4,9,11,14,21H,5-8,10H2. The lowest BCUT2D eigenvalue weighted by atomic mass is 9.91. The summed E-state index contributed by atoms with van der Waals surface area (Å²) < 4.78 is 31.9. The van der Waals surface area contributed by atoms with Gasteiger partial charge in [-0.2, -0.15) is 0 Å². The average Bonchev–Trinajstić information content (AvgIpc) is 3.24. The zero-order chi connectivity index (χ0) is 15.9. The Kier molecular flexibility index (Phi) is 3.53.